The Labute approximate surface area is 232 Å². The highest BCUT2D eigenvalue weighted by Gasteiger charge is 2.33. The van der Waals surface area contributed by atoms with Gasteiger partial charge in [0.05, 0.1) is 18.4 Å². The number of nitrogens with zero attached hydrogens (tertiary/aromatic N) is 1. The SMILES string of the molecule is O=C(NCC(=O)N(C[C@@H]1c2ccccc2CC[C@H]1Cc1ccccc1)c1ccco1)Nc1cccc(C(=O)O)c1. The summed E-state index contributed by atoms with van der Waals surface area (Å²) in [4.78, 5) is 38.9. The largest absolute Gasteiger partial charge is 0.478 e. The van der Waals surface area contributed by atoms with E-state index >= 15 is 0 Å². The molecule has 0 saturated heterocycles. The number of carboxylic acids is 1. The number of anilines is 2. The van der Waals surface area contributed by atoms with Gasteiger partial charge in [-0.25, -0.2) is 9.59 Å². The van der Waals surface area contributed by atoms with E-state index < -0.39 is 12.0 Å². The molecule has 0 fully saturated rings. The van der Waals surface area contributed by atoms with Gasteiger partial charge in [-0.2, -0.15) is 0 Å². The maximum Gasteiger partial charge on any atom is 0.335 e. The molecule has 3 amide bonds. The minimum Gasteiger partial charge on any atom is -0.478 e. The Morgan fingerprint density at radius 2 is 1.73 bits per heavy atom. The fourth-order valence-corrected chi connectivity index (χ4v) is 5.42. The second kappa shape index (κ2) is 12.3. The van der Waals surface area contributed by atoms with Crippen LogP contribution in [0.5, 0.6) is 0 Å². The smallest absolute Gasteiger partial charge is 0.335 e. The zero-order valence-electron chi connectivity index (χ0n) is 22.0. The third-order valence-corrected chi connectivity index (χ3v) is 7.37. The monoisotopic (exact) mass is 537 g/mol. The summed E-state index contributed by atoms with van der Waals surface area (Å²) in [6.07, 6.45) is 4.42. The zero-order chi connectivity index (χ0) is 27.9. The number of aryl methyl sites for hydroxylation is 1. The van der Waals surface area contributed by atoms with Crippen molar-refractivity contribution in [3.63, 3.8) is 0 Å². The number of fused-ring (bicyclic) bond motifs is 1. The number of carbonyl (C=O) groups excluding carboxylic acids is 2. The number of hydrogen-bond acceptors (Lipinski definition) is 4. The predicted octanol–water partition coefficient (Wildman–Crippen LogP) is 5.72. The summed E-state index contributed by atoms with van der Waals surface area (Å²) in [7, 11) is 0. The van der Waals surface area contributed by atoms with E-state index in [0.29, 0.717) is 24.0 Å². The Hall–Kier alpha value is -4.85. The van der Waals surface area contributed by atoms with Gasteiger partial charge in [0.1, 0.15) is 0 Å². The molecule has 0 aliphatic heterocycles. The van der Waals surface area contributed by atoms with Gasteiger partial charge in [-0.1, -0.05) is 60.7 Å². The molecule has 1 aliphatic rings. The normalized spacial score (nSPS) is 16.0. The van der Waals surface area contributed by atoms with Gasteiger partial charge >= 0.3 is 12.0 Å². The van der Waals surface area contributed by atoms with Gasteiger partial charge in [-0.15, -0.1) is 0 Å². The lowest BCUT2D eigenvalue weighted by Crippen LogP contribution is -2.44. The van der Waals surface area contributed by atoms with Crippen molar-refractivity contribution in [3.05, 3.63) is 120 Å². The van der Waals surface area contributed by atoms with Gasteiger partial charge in [0.15, 0.2) is 0 Å². The van der Waals surface area contributed by atoms with Crippen LogP contribution in [-0.2, 0) is 17.6 Å². The molecule has 8 heteroatoms. The maximum absolute atomic E-state index is 13.5. The number of furan rings is 1. The van der Waals surface area contributed by atoms with Crippen molar-refractivity contribution in [2.45, 2.75) is 25.2 Å². The first-order valence-corrected chi connectivity index (χ1v) is 13.3. The average Bonchev–Trinajstić information content (AvgIpc) is 3.51. The minimum absolute atomic E-state index is 0.0516. The summed E-state index contributed by atoms with van der Waals surface area (Å²) in [6.45, 7) is 0.147. The molecule has 1 aromatic heterocycles. The number of carbonyl (C=O) groups is 3. The van der Waals surface area contributed by atoms with E-state index in [-0.39, 0.29) is 23.9 Å². The van der Waals surface area contributed by atoms with E-state index in [0.717, 1.165) is 19.3 Å². The van der Waals surface area contributed by atoms with Gasteiger partial charge in [0, 0.05) is 24.2 Å². The van der Waals surface area contributed by atoms with Crippen molar-refractivity contribution in [1.82, 2.24) is 5.32 Å². The standard InChI is InChI=1S/C32H31N3O5/c36-29(20-33-32(39)34-26-12-6-11-25(19-26)31(37)38)35(30-14-7-17-40-30)21-28-24(18-22-8-2-1-3-9-22)16-15-23-10-4-5-13-27(23)28/h1-14,17,19,24,28H,15-16,18,20-21H2,(H,37,38)(H2,33,34,39)/t24-,28-/m0/s1. The lowest BCUT2D eigenvalue weighted by atomic mass is 9.72. The number of nitrogens with one attached hydrogen (secondary N) is 2. The first kappa shape index (κ1) is 26.7. The lowest BCUT2D eigenvalue weighted by Gasteiger charge is -2.36. The number of aromatic carboxylic acids is 1. The van der Waals surface area contributed by atoms with Crippen molar-refractivity contribution in [3.8, 4) is 0 Å². The Balaban J connectivity index is 1.32. The van der Waals surface area contributed by atoms with Crippen molar-refractivity contribution in [2.75, 3.05) is 23.3 Å². The number of carboxylic acid groups (broad SMARTS) is 1. The highest BCUT2D eigenvalue weighted by atomic mass is 16.4. The topological polar surface area (TPSA) is 112 Å². The van der Waals surface area contributed by atoms with Crippen LogP contribution in [0.15, 0.2) is 102 Å². The third-order valence-electron chi connectivity index (χ3n) is 7.37. The van der Waals surface area contributed by atoms with E-state index in [9.17, 15) is 19.5 Å². The lowest BCUT2D eigenvalue weighted by molar-refractivity contribution is -0.117. The van der Waals surface area contributed by atoms with E-state index in [1.165, 1.54) is 41.2 Å². The van der Waals surface area contributed by atoms with Crippen LogP contribution in [0.3, 0.4) is 0 Å². The maximum atomic E-state index is 13.5. The molecule has 204 valence electrons. The van der Waals surface area contributed by atoms with Crippen LogP contribution in [0.2, 0.25) is 0 Å². The van der Waals surface area contributed by atoms with Crippen LogP contribution >= 0.6 is 0 Å². The molecule has 5 rings (SSSR count). The summed E-state index contributed by atoms with van der Waals surface area (Å²) in [5.74, 6) is -0.593. The summed E-state index contributed by atoms with van der Waals surface area (Å²) in [5, 5.41) is 14.4. The molecular weight excluding hydrogens is 506 g/mol. The number of amides is 3. The summed E-state index contributed by atoms with van der Waals surface area (Å²) >= 11 is 0. The molecule has 0 unspecified atom stereocenters. The summed E-state index contributed by atoms with van der Waals surface area (Å²) in [5.41, 5.74) is 4.16. The molecule has 1 aliphatic carbocycles. The number of rotatable bonds is 9. The number of urea groups is 1. The van der Waals surface area contributed by atoms with Crippen molar-refractivity contribution in [2.24, 2.45) is 5.92 Å². The second-order valence-corrected chi connectivity index (χ2v) is 9.94. The first-order chi connectivity index (χ1) is 19.5. The molecule has 3 N–H and O–H groups in total. The van der Waals surface area contributed by atoms with E-state index in [1.54, 1.807) is 23.1 Å². The molecule has 0 bridgehead atoms. The molecule has 0 radical (unpaired) electrons. The molecule has 0 spiro atoms. The highest BCUT2D eigenvalue weighted by Crippen LogP contribution is 2.39. The molecule has 40 heavy (non-hydrogen) atoms. The predicted molar refractivity (Wildman–Crippen MR) is 153 cm³/mol. The summed E-state index contributed by atoms with van der Waals surface area (Å²) in [6, 6.07) is 27.6. The van der Waals surface area contributed by atoms with E-state index in [1.807, 2.05) is 12.1 Å². The van der Waals surface area contributed by atoms with E-state index in [2.05, 4.69) is 53.1 Å². The van der Waals surface area contributed by atoms with Crippen molar-refractivity contribution < 1.29 is 23.9 Å². The van der Waals surface area contributed by atoms with Crippen LogP contribution in [0.1, 0.15) is 39.4 Å². The Kier molecular flexibility index (Phi) is 8.25. The number of benzene rings is 3. The van der Waals surface area contributed by atoms with Gasteiger partial charge in [0.25, 0.3) is 0 Å². The molecule has 0 saturated carbocycles. The van der Waals surface area contributed by atoms with Gasteiger partial charge in [-0.05, 0) is 66.1 Å². The average molecular weight is 538 g/mol. The molecule has 1 heterocycles. The summed E-state index contributed by atoms with van der Waals surface area (Å²) < 4.78 is 5.66. The molecule has 8 nitrogen and oxygen atoms in total. The van der Waals surface area contributed by atoms with E-state index in [4.69, 9.17) is 4.42 Å². The Morgan fingerprint density at radius 3 is 2.50 bits per heavy atom. The van der Waals surface area contributed by atoms with Crippen LogP contribution in [-0.4, -0.2) is 36.1 Å². The fourth-order valence-electron chi connectivity index (χ4n) is 5.42. The van der Waals surface area contributed by atoms with Crippen LogP contribution in [0, 0.1) is 5.92 Å². The van der Waals surface area contributed by atoms with Crippen molar-refractivity contribution >= 4 is 29.5 Å². The molecular formula is C32H31N3O5. The Morgan fingerprint density at radius 1 is 0.925 bits per heavy atom. The quantitative estimate of drug-likeness (QED) is 0.253. The molecule has 2 atom stereocenters. The van der Waals surface area contributed by atoms with Crippen molar-refractivity contribution in [1.29, 1.82) is 0 Å². The third kappa shape index (κ3) is 6.40. The van der Waals surface area contributed by atoms with Crippen LogP contribution in [0.25, 0.3) is 0 Å². The zero-order valence-corrected chi connectivity index (χ0v) is 22.0. The number of hydrogen-bond donors (Lipinski definition) is 3. The highest BCUT2D eigenvalue weighted by molar-refractivity contribution is 5.98. The minimum atomic E-state index is -1.09. The fraction of sp³-hybridized carbons (Fsp3) is 0.219. The molecule has 3 aromatic carbocycles. The molecule has 4 aromatic rings. The van der Waals surface area contributed by atoms with Gasteiger partial charge in [0.2, 0.25) is 11.8 Å². The van der Waals surface area contributed by atoms with Gasteiger partial charge in [-0.3, -0.25) is 9.69 Å². The Bertz CT molecular complexity index is 1470. The van der Waals surface area contributed by atoms with Crippen LogP contribution in [0.4, 0.5) is 16.4 Å². The first-order valence-electron chi connectivity index (χ1n) is 13.3. The second-order valence-electron chi connectivity index (χ2n) is 9.94. The van der Waals surface area contributed by atoms with Crippen LogP contribution < -0.4 is 15.5 Å². The van der Waals surface area contributed by atoms with Gasteiger partial charge < -0.3 is 20.2 Å².